The first-order valence-corrected chi connectivity index (χ1v) is 7.42. The molecule has 3 rings (SSSR count). The molecule has 0 saturated carbocycles. The van der Waals surface area contributed by atoms with Gasteiger partial charge in [0.1, 0.15) is 0 Å². The molecule has 4 nitrogen and oxygen atoms in total. The van der Waals surface area contributed by atoms with Crippen LogP contribution in [0.5, 0.6) is 0 Å². The number of likely N-dealkylation sites (tertiary alicyclic amines) is 1. The molecule has 1 amide bonds. The van der Waals surface area contributed by atoms with E-state index in [9.17, 15) is 4.79 Å². The second kappa shape index (κ2) is 5.54. The highest BCUT2D eigenvalue weighted by Gasteiger charge is 2.36. The van der Waals surface area contributed by atoms with E-state index in [-0.39, 0.29) is 5.91 Å². The summed E-state index contributed by atoms with van der Waals surface area (Å²) < 4.78 is 0. The lowest BCUT2D eigenvalue weighted by Crippen LogP contribution is -2.33. The minimum absolute atomic E-state index is 0.102. The van der Waals surface area contributed by atoms with E-state index in [1.54, 1.807) is 0 Å². The van der Waals surface area contributed by atoms with Crippen molar-refractivity contribution >= 4 is 11.6 Å². The molecule has 0 unspecified atom stereocenters. The Balaban J connectivity index is 1.55. The number of aryl methyl sites for hydroxylation is 2. The van der Waals surface area contributed by atoms with E-state index >= 15 is 0 Å². The topological polar surface area (TPSA) is 44.4 Å². The second-order valence-corrected chi connectivity index (χ2v) is 6.24. The van der Waals surface area contributed by atoms with Crippen molar-refractivity contribution in [3.05, 3.63) is 29.3 Å². The van der Waals surface area contributed by atoms with E-state index in [2.05, 4.69) is 28.5 Å². The monoisotopic (exact) mass is 273 g/mol. The standard InChI is InChI=1S/C16H23N3O/c1-11-3-4-15(12(2)5-11)18-16(20)10-19-8-13-6-17-7-14(13)9-19/h3-5,13-14,17H,6-10H2,1-2H3,(H,18,20)/t13-,14+. The maximum atomic E-state index is 12.2. The van der Waals surface area contributed by atoms with Gasteiger partial charge in [-0.1, -0.05) is 17.7 Å². The number of anilines is 1. The van der Waals surface area contributed by atoms with Crippen molar-refractivity contribution in [2.45, 2.75) is 13.8 Å². The maximum absolute atomic E-state index is 12.2. The van der Waals surface area contributed by atoms with E-state index in [1.807, 2.05) is 19.1 Å². The molecular weight excluding hydrogens is 250 g/mol. The highest BCUT2D eigenvalue weighted by atomic mass is 16.2. The second-order valence-electron chi connectivity index (χ2n) is 6.24. The summed E-state index contributed by atoms with van der Waals surface area (Å²) in [5, 5.41) is 6.46. The van der Waals surface area contributed by atoms with Crippen molar-refractivity contribution in [3.8, 4) is 0 Å². The minimum atomic E-state index is 0.102. The maximum Gasteiger partial charge on any atom is 0.238 e. The van der Waals surface area contributed by atoms with Crippen LogP contribution < -0.4 is 10.6 Å². The number of nitrogens with zero attached hydrogens (tertiary/aromatic N) is 1. The molecule has 2 aliphatic heterocycles. The van der Waals surface area contributed by atoms with Gasteiger partial charge in [-0.15, -0.1) is 0 Å². The first-order valence-electron chi connectivity index (χ1n) is 7.42. The van der Waals surface area contributed by atoms with Crippen LogP contribution in [0.4, 0.5) is 5.69 Å². The normalized spacial score (nSPS) is 25.7. The van der Waals surface area contributed by atoms with Gasteiger partial charge in [-0.2, -0.15) is 0 Å². The summed E-state index contributed by atoms with van der Waals surface area (Å²) in [6.07, 6.45) is 0. The largest absolute Gasteiger partial charge is 0.325 e. The van der Waals surface area contributed by atoms with Crippen LogP contribution in [0.2, 0.25) is 0 Å². The quantitative estimate of drug-likeness (QED) is 0.875. The summed E-state index contributed by atoms with van der Waals surface area (Å²) in [6.45, 7) is 8.94. The number of carbonyl (C=O) groups excluding carboxylic acids is 1. The molecule has 1 aromatic carbocycles. The molecule has 2 heterocycles. The number of amides is 1. The summed E-state index contributed by atoms with van der Waals surface area (Å²) in [7, 11) is 0. The highest BCUT2D eigenvalue weighted by Crippen LogP contribution is 2.26. The zero-order chi connectivity index (χ0) is 14.1. The van der Waals surface area contributed by atoms with Crippen molar-refractivity contribution in [1.29, 1.82) is 0 Å². The molecule has 0 aliphatic carbocycles. The van der Waals surface area contributed by atoms with Crippen LogP contribution in [0.1, 0.15) is 11.1 Å². The van der Waals surface area contributed by atoms with Gasteiger partial charge >= 0.3 is 0 Å². The van der Waals surface area contributed by atoms with Crippen LogP contribution in [-0.2, 0) is 4.79 Å². The van der Waals surface area contributed by atoms with Gasteiger partial charge in [-0.05, 0) is 50.4 Å². The van der Waals surface area contributed by atoms with Crippen LogP contribution in [-0.4, -0.2) is 43.5 Å². The molecule has 2 N–H and O–H groups in total. The summed E-state index contributed by atoms with van der Waals surface area (Å²) in [6, 6.07) is 6.13. The molecule has 0 bridgehead atoms. The Kier molecular flexibility index (Phi) is 3.76. The highest BCUT2D eigenvalue weighted by molar-refractivity contribution is 5.93. The molecule has 1 aromatic rings. The number of rotatable bonds is 3. The minimum Gasteiger partial charge on any atom is -0.325 e. The van der Waals surface area contributed by atoms with Gasteiger partial charge in [0, 0.05) is 18.8 Å². The van der Waals surface area contributed by atoms with Gasteiger partial charge in [0.2, 0.25) is 5.91 Å². The Morgan fingerprint density at radius 1 is 1.30 bits per heavy atom. The van der Waals surface area contributed by atoms with E-state index in [0.717, 1.165) is 49.3 Å². The average Bonchev–Trinajstić information content (AvgIpc) is 2.93. The average molecular weight is 273 g/mol. The fraction of sp³-hybridized carbons (Fsp3) is 0.562. The molecule has 0 aromatic heterocycles. The number of carbonyl (C=O) groups is 1. The number of fused-ring (bicyclic) bond motifs is 1. The third kappa shape index (κ3) is 2.86. The summed E-state index contributed by atoms with van der Waals surface area (Å²) in [5.41, 5.74) is 3.28. The van der Waals surface area contributed by atoms with Gasteiger partial charge in [0.15, 0.2) is 0 Å². The molecule has 2 aliphatic rings. The van der Waals surface area contributed by atoms with E-state index in [4.69, 9.17) is 0 Å². The van der Waals surface area contributed by atoms with Gasteiger partial charge in [-0.3, -0.25) is 9.69 Å². The van der Waals surface area contributed by atoms with E-state index in [0.29, 0.717) is 6.54 Å². The lowest BCUT2D eigenvalue weighted by atomic mass is 10.0. The zero-order valence-corrected chi connectivity index (χ0v) is 12.3. The number of nitrogens with one attached hydrogen (secondary N) is 2. The van der Waals surface area contributed by atoms with Gasteiger partial charge < -0.3 is 10.6 Å². The molecule has 108 valence electrons. The van der Waals surface area contributed by atoms with Crippen LogP contribution >= 0.6 is 0 Å². The Bertz CT molecular complexity index is 502. The first-order chi connectivity index (χ1) is 9.61. The lowest BCUT2D eigenvalue weighted by Gasteiger charge is -2.17. The third-order valence-electron chi connectivity index (χ3n) is 4.49. The van der Waals surface area contributed by atoms with Crippen molar-refractivity contribution < 1.29 is 4.79 Å². The fourth-order valence-electron chi connectivity index (χ4n) is 3.43. The molecular formula is C16H23N3O. The van der Waals surface area contributed by atoms with Crippen LogP contribution in [0.15, 0.2) is 18.2 Å². The van der Waals surface area contributed by atoms with Gasteiger partial charge in [0.05, 0.1) is 6.54 Å². The van der Waals surface area contributed by atoms with Crippen LogP contribution in [0, 0.1) is 25.7 Å². The summed E-state index contributed by atoms with van der Waals surface area (Å²) in [5.74, 6) is 1.58. The predicted molar refractivity (Wildman–Crippen MR) is 80.8 cm³/mol. The molecule has 4 heteroatoms. The smallest absolute Gasteiger partial charge is 0.238 e. The Labute approximate surface area is 120 Å². The Morgan fingerprint density at radius 2 is 2.00 bits per heavy atom. The van der Waals surface area contributed by atoms with Gasteiger partial charge in [-0.25, -0.2) is 0 Å². The van der Waals surface area contributed by atoms with E-state index in [1.165, 1.54) is 5.56 Å². The fourth-order valence-corrected chi connectivity index (χ4v) is 3.43. The van der Waals surface area contributed by atoms with E-state index < -0.39 is 0 Å². The lowest BCUT2D eigenvalue weighted by molar-refractivity contribution is -0.117. The Morgan fingerprint density at radius 3 is 2.65 bits per heavy atom. The molecule has 0 radical (unpaired) electrons. The van der Waals surface area contributed by atoms with Crippen LogP contribution in [0.25, 0.3) is 0 Å². The molecule has 2 atom stereocenters. The molecule has 2 saturated heterocycles. The zero-order valence-electron chi connectivity index (χ0n) is 12.3. The van der Waals surface area contributed by atoms with Crippen LogP contribution in [0.3, 0.4) is 0 Å². The molecule has 0 spiro atoms. The van der Waals surface area contributed by atoms with Crippen molar-refractivity contribution in [2.24, 2.45) is 11.8 Å². The number of benzene rings is 1. The molecule has 2 fully saturated rings. The summed E-state index contributed by atoms with van der Waals surface area (Å²) >= 11 is 0. The van der Waals surface area contributed by atoms with Crippen molar-refractivity contribution in [3.63, 3.8) is 0 Å². The SMILES string of the molecule is Cc1ccc(NC(=O)CN2C[C@H]3CNC[C@H]3C2)c(C)c1. The Hall–Kier alpha value is -1.39. The van der Waals surface area contributed by atoms with Crippen molar-refractivity contribution in [1.82, 2.24) is 10.2 Å². The predicted octanol–water partition coefficient (Wildman–Crippen LogP) is 1.39. The van der Waals surface area contributed by atoms with Gasteiger partial charge in [0.25, 0.3) is 0 Å². The summed E-state index contributed by atoms with van der Waals surface area (Å²) in [4.78, 5) is 14.4. The number of hydrogen-bond acceptors (Lipinski definition) is 3. The van der Waals surface area contributed by atoms with Crippen molar-refractivity contribution in [2.75, 3.05) is 38.0 Å². The first kappa shape index (κ1) is 13.6. The number of hydrogen-bond donors (Lipinski definition) is 2. The third-order valence-corrected chi connectivity index (χ3v) is 4.49. The molecule has 20 heavy (non-hydrogen) atoms.